The van der Waals surface area contributed by atoms with E-state index in [4.69, 9.17) is 9.84 Å². The van der Waals surface area contributed by atoms with E-state index in [2.05, 4.69) is 5.32 Å². The van der Waals surface area contributed by atoms with Gasteiger partial charge in [0.2, 0.25) is 5.91 Å². The number of hydrogen-bond acceptors (Lipinski definition) is 3. The number of nitrogens with one attached hydrogen (secondary N) is 1. The second-order valence-corrected chi connectivity index (χ2v) is 4.56. The highest BCUT2D eigenvalue weighted by atomic mass is 19.1. The zero-order chi connectivity index (χ0) is 15.0. The summed E-state index contributed by atoms with van der Waals surface area (Å²) in [5, 5.41) is 11.2. The zero-order valence-electron chi connectivity index (χ0n) is 11.3. The molecular formula is C14H18FNO4. The summed E-state index contributed by atoms with van der Waals surface area (Å²) in [6.07, 6.45) is 0.184. The summed E-state index contributed by atoms with van der Waals surface area (Å²) in [7, 11) is 0. The number of carboxylic acids is 1. The van der Waals surface area contributed by atoms with Crippen molar-refractivity contribution in [2.24, 2.45) is 5.92 Å². The van der Waals surface area contributed by atoms with Crippen molar-refractivity contribution in [3.63, 3.8) is 0 Å². The first-order valence-corrected chi connectivity index (χ1v) is 6.34. The topological polar surface area (TPSA) is 75.6 Å². The Morgan fingerprint density at radius 1 is 1.35 bits per heavy atom. The predicted molar refractivity (Wildman–Crippen MR) is 70.9 cm³/mol. The summed E-state index contributed by atoms with van der Waals surface area (Å²) in [5.74, 6) is -1.05. The van der Waals surface area contributed by atoms with Crippen molar-refractivity contribution in [2.45, 2.75) is 19.8 Å². The fourth-order valence-electron chi connectivity index (χ4n) is 1.54. The molecule has 0 bridgehead atoms. The van der Waals surface area contributed by atoms with Gasteiger partial charge in [-0.1, -0.05) is 6.92 Å². The van der Waals surface area contributed by atoms with Gasteiger partial charge >= 0.3 is 5.97 Å². The number of aliphatic carboxylic acids is 1. The Morgan fingerprint density at radius 2 is 2.00 bits per heavy atom. The summed E-state index contributed by atoms with van der Waals surface area (Å²) in [4.78, 5) is 21.9. The molecule has 0 saturated carbocycles. The van der Waals surface area contributed by atoms with Crippen molar-refractivity contribution < 1.29 is 23.8 Å². The van der Waals surface area contributed by atoms with Crippen molar-refractivity contribution in [1.29, 1.82) is 0 Å². The zero-order valence-corrected chi connectivity index (χ0v) is 11.3. The van der Waals surface area contributed by atoms with E-state index in [-0.39, 0.29) is 37.1 Å². The van der Waals surface area contributed by atoms with E-state index >= 15 is 0 Å². The first-order valence-electron chi connectivity index (χ1n) is 6.34. The van der Waals surface area contributed by atoms with Crippen LogP contribution in [0.5, 0.6) is 5.75 Å². The number of benzene rings is 1. The van der Waals surface area contributed by atoms with Crippen LogP contribution in [0.2, 0.25) is 0 Å². The molecule has 1 aromatic carbocycles. The number of ether oxygens (including phenoxy) is 1. The van der Waals surface area contributed by atoms with Crippen LogP contribution in [0.15, 0.2) is 24.3 Å². The van der Waals surface area contributed by atoms with E-state index in [1.165, 1.54) is 24.3 Å². The molecule has 110 valence electrons. The van der Waals surface area contributed by atoms with Crippen LogP contribution in [0.3, 0.4) is 0 Å². The van der Waals surface area contributed by atoms with Crippen LogP contribution in [0.25, 0.3) is 0 Å². The van der Waals surface area contributed by atoms with Crippen LogP contribution in [0.4, 0.5) is 4.39 Å². The number of amides is 1. The van der Waals surface area contributed by atoms with Crippen LogP contribution in [0.1, 0.15) is 19.8 Å². The molecule has 6 heteroatoms. The molecule has 2 N–H and O–H groups in total. The minimum atomic E-state index is -0.883. The summed E-state index contributed by atoms with van der Waals surface area (Å²) in [6, 6.07) is 5.54. The molecule has 0 radical (unpaired) electrons. The van der Waals surface area contributed by atoms with Gasteiger partial charge in [-0.25, -0.2) is 4.39 Å². The Bertz CT molecular complexity index is 447. The summed E-state index contributed by atoms with van der Waals surface area (Å²) in [6.45, 7) is 2.26. The van der Waals surface area contributed by atoms with Crippen LogP contribution in [-0.2, 0) is 9.59 Å². The van der Waals surface area contributed by atoms with Gasteiger partial charge in [-0.3, -0.25) is 9.59 Å². The molecule has 1 unspecified atom stereocenters. The predicted octanol–water partition coefficient (Wildman–Crippen LogP) is 1.82. The lowest BCUT2D eigenvalue weighted by molar-refractivity contribution is -0.138. The maximum absolute atomic E-state index is 12.6. The van der Waals surface area contributed by atoms with Gasteiger partial charge in [0.05, 0.1) is 13.0 Å². The summed E-state index contributed by atoms with van der Waals surface area (Å²) < 4.78 is 17.9. The lowest BCUT2D eigenvalue weighted by atomic mass is 10.1. The number of rotatable bonds is 8. The molecule has 1 rings (SSSR count). The normalized spacial score (nSPS) is 11.7. The van der Waals surface area contributed by atoms with Gasteiger partial charge in [-0.2, -0.15) is 0 Å². The molecule has 5 nitrogen and oxygen atoms in total. The molecule has 0 saturated heterocycles. The number of carbonyl (C=O) groups excluding carboxylic acids is 1. The van der Waals surface area contributed by atoms with E-state index in [0.717, 1.165) is 0 Å². The van der Waals surface area contributed by atoms with Gasteiger partial charge in [0.25, 0.3) is 0 Å². The summed E-state index contributed by atoms with van der Waals surface area (Å²) in [5.41, 5.74) is 0. The first-order chi connectivity index (χ1) is 9.47. The maximum Gasteiger partial charge on any atom is 0.303 e. The lowest BCUT2D eigenvalue weighted by Gasteiger charge is -2.10. The number of halogens is 1. The Hall–Kier alpha value is -2.11. The third-order valence-corrected chi connectivity index (χ3v) is 2.58. The van der Waals surface area contributed by atoms with Gasteiger partial charge in [0.1, 0.15) is 11.6 Å². The first kappa shape index (κ1) is 15.9. The van der Waals surface area contributed by atoms with Gasteiger partial charge in [-0.05, 0) is 30.2 Å². The van der Waals surface area contributed by atoms with Crippen molar-refractivity contribution in [2.75, 3.05) is 13.2 Å². The highest BCUT2D eigenvalue weighted by Gasteiger charge is 2.09. The van der Waals surface area contributed by atoms with Crippen LogP contribution >= 0.6 is 0 Å². The molecule has 0 aliphatic rings. The summed E-state index contributed by atoms with van der Waals surface area (Å²) >= 11 is 0. The van der Waals surface area contributed by atoms with E-state index in [9.17, 15) is 14.0 Å². The number of carbonyl (C=O) groups is 2. The lowest BCUT2D eigenvalue weighted by Crippen LogP contribution is -2.30. The van der Waals surface area contributed by atoms with Gasteiger partial charge in [0, 0.05) is 13.0 Å². The maximum atomic E-state index is 12.6. The Labute approximate surface area is 116 Å². The van der Waals surface area contributed by atoms with Crippen molar-refractivity contribution in [1.82, 2.24) is 5.32 Å². The van der Waals surface area contributed by atoms with Crippen molar-refractivity contribution >= 4 is 11.9 Å². The Balaban J connectivity index is 2.17. The van der Waals surface area contributed by atoms with E-state index in [1.54, 1.807) is 6.92 Å². The molecular weight excluding hydrogens is 265 g/mol. The quantitative estimate of drug-likeness (QED) is 0.763. The molecule has 20 heavy (non-hydrogen) atoms. The minimum Gasteiger partial charge on any atom is -0.493 e. The molecule has 0 spiro atoms. The van der Waals surface area contributed by atoms with Crippen LogP contribution in [-0.4, -0.2) is 30.1 Å². The fourth-order valence-corrected chi connectivity index (χ4v) is 1.54. The van der Waals surface area contributed by atoms with Crippen molar-refractivity contribution in [3.05, 3.63) is 30.1 Å². The molecule has 1 aromatic rings. The third kappa shape index (κ3) is 6.72. The molecule has 1 atom stereocenters. The monoisotopic (exact) mass is 283 g/mol. The standard InChI is InChI=1S/C14H18FNO4/c1-10(8-14(18)19)9-16-13(17)6-7-20-12-4-2-11(15)3-5-12/h2-5,10H,6-9H2,1H3,(H,16,17)(H,18,19). The molecule has 0 fully saturated rings. The van der Waals surface area contributed by atoms with E-state index in [0.29, 0.717) is 12.3 Å². The van der Waals surface area contributed by atoms with Crippen LogP contribution in [0, 0.1) is 11.7 Å². The highest BCUT2D eigenvalue weighted by molar-refractivity contribution is 5.76. The smallest absolute Gasteiger partial charge is 0.303 e. The Morgan fingerprint density at radius 3 is 2.60 bits per heavy atom. The molecule has 0 heterocycles. The number of carboxylic acid groups (broad SMARTS) is 1. The Kier molecular flexibility index (Phi) is 6.49. The average Bonchev–Trinajstić information content (AvgIpc) is 2.38. The SMILES string of the molecule is CC(CNC(=O)CCOc1ccc(F)cc1)CC(=O)O. The van der Waals surface area contributed by atoms with E-state index in [1.807, 2.05) is 0 Å². The fraction of sp³-hybridized carbons (Fsp3) is 0.429. The second-order valence-electron chi connectivity index (χ2n) is 4.56. The molecule has 1 amide bonds. The highest BCUT2D eigenvalue weighted by Crippen LogP contribution is 2.11. The average molecular weight is 283 g/mol. The van der Waals surface area contributed by atoms with E-state index < -0.39 is 5.97 Å². The van der Waals surface area contributed by atoms with Crippen LogP contribution < -0.4 is 10.1 Å². The number of hydrogen-bond donors (Lipinski definition) is 2. The van der Waals surface area contributed by atoms with Gasteiger partial charge in [0.15, 0.2) is 0 Å². The minimum absolute atomic E-state index is 0.0202. The third-order valence-electron chi connectivity index (χ3n) is 2.58. The van der Waals surface area contributed by atoms with Gasteiger partial charge in [-0.15, -0.1) is 0 Å². The molecule has 0 aliphatic heterocycles. The second kappa shape index (κ2) is 8.14. The molecule has 0 aromatic heterocycles. The van der Waals surface area contributed by atoms with Crippen molar-refractivity contribution in [3.8, 4) is 5.75 Å². The largest absolute Gasteiger partial charge is 0.493 e. The molecule has 0 aliphatic carbocycles. The van der Waals surface area contributed by atoms with Gasteiger partial charge < -0.3 is 15.2 Å².